The summed E-state index contributed by atoms with van der Waals surface area (Å²) < 4.78 is 22.7. The Hall–Kier alpha value is -4.53. The molecule has 9 heteroatoms. The van der Waals surface area contributed by atoms with E-state index in [2.05, 4.69) is 4.98 Å². The zero-order chi connectivity index (χ0) is 26.6. The number of amides is 1. The fourth-order valence-electron chi connectivity index (χ4n) is 4.66. The van der Waals surface area contributed by atoms with Crippen LogP contribution in [0.3, 0.4) is 0 Å². The second-order valence-electron chi connectivity index (χ2n) is 8.72. The number of aliphatic hydroxyl groups excluding tert-OH is 1. The molecule has 2 aliphatic rings. The topological polar surface area (TPSA) is 107 Å². The summed E-state index contributed by atoms with van der Waals surface area (Å²) >= 11 is 0. The molecule has 1 atom stereocenters. The number of aromatic nitrogens is 1. The Morgan fingerprint density at radius 2 is 1.76 bits per heavy atom. The Morgan fingerprint density at radius 1 is 1.00 bits per heavy atom. The molecule has 2 aliphatic heterocycles. The molecule has 1 amide bonds. The predicted octanol–water partition coefficient (Wildman–Crippen LogP) is 4.27. The van der Waals surface area contributed by atoms with Crippen LogP contribution < -0.4 is 18.9 Å². The molecule has 0 radical (unpaired) electrons. The third-order valence-electron chi connectivity index (χ3n) is 6.31. The number of likely N-dealkylation sites (tertiary alicyclic amines) is 1. The van der Waals surface area contributed by atoms with Crippen LogP contribution in [-0.2, 0) is 16.1 Å². The Balaban J connectivity index is 1.65. The summed E-state index contributed by atoms with van der Waals surface area (Å²) in [7, 11) is 0. The van der Waals surface area contributed by atoms with E-state index >= 15 is 0 Å². The zero-order valence-corrected chi connectivity index (χ0v) is 21.2. The quantitative estimate of drug-likeness (QED) is 0.269. The monoisotopic (exact) mass is 516 g/mol. The maximum atomic E-state index is 13.4. The minimum atomic E-state index is -0.877. The molecule has 3 heterocycles. The molecule has 5 rings (SSSR count). The van der Waals surface area contributed by atoms with E-state index in [1.54, 1.807) is 54.9 Å². The summed E-state index contributed by atoms with van der Waals surface area (Å²) in [5, 5.41) is 11.5. The van der Waals surface area contributed by atoms with Gasteiger partial charge in [-0.25, -0.2) is 0 Å². The molecule has 2 aromatic carbocycles. The van der Waals surface area contributed by atoms with Gasteiger partial charge in [0, 0.05) is 24.5 Å². The van der Waals surface area contributed by atoms with Crippen LogP contribution in [0.2, 0.25) is 0 Å². The van der Waals surface area contributed by atoms with Gasteiger partial charge in [0.25, 0.3) is 11.7 Å². The Labute approximate surface area is 220 Å². The third-order valence-corrected chi connectivity index (χ3v) is 6.31. The standard InChI is InChI=1S/C29H28N2O7/c1-3-35-21-9-7-19(14-23(21)36-4-2)26-25(27(32)20-8-10-22-24(15-20)38-13-12-37-22)28(33)29(34)31(26)17-18-6-5-11-30-16-18/h5-11,14-16,26,32H,3-4,12-13,17H2,1-2H3/t26-/m0/s1. The Morgan fingerprint density at radius 3 is 2.50 bits per heavy atom. The molecule has 196 valence electrons. The fourth-order valence-corrected chi connectivity index (χ4v) is 4.66. The first-order chi connectivity index (χ1) is 18.5. The van der Waals surface area contributed by atoms with Crippen LogP contribution >= 0.6 is 0 Å². The van der Waals surface area contributed by atoms with Crippen LogP contribution in [0.1, 0.15) is 36.6 Å². The minimum Gasteiger partial charge on any atom is -0.507 e. The smallest absolute Gasteiger partial charge is 0.295 e. The molecule has 1 saturated heterocycles. The van der Waals surface area contributed by atoms with Gasteiger partial charge in [-0.15, -0.1) is 0 Å². The van der Waals surface area contributed by atoms with E-state index < -0.39 is 17.7 Å². The van der Waals surface area contributed by atoms with Gasteiger partial charge in [0.05, 0.1) is 24.8 Å². The molecular weight excluding hydrogens is 488 g/mol. The van der Waals surface area contributed by atoms with E-state index in [4.69, 9.17) is 18.9 Å². The van der Waals surface area contributed by atoms with Gasteiger partial charge in [0.15, 0.2) is 23.0 Å². The van der Waals surface area contributed by atoms with Gasteiger partial charge in [-0.05, 0) is 61.4 Å². The van der Waals surface area contributed by atoms with Gasteiger partial charge in [-0.1, -0.05) is 12.1 Å². The molecule has 0 unspecified atom stereocenters. The van der Waals surface area contributed by atoms with Crippen LogP contribution in [0.15, 0.2) is 66.5 Å². The number of benzene rings is 2. The van der Waals surface area contributed by atoms with Gasteiger partial charge in [-0.3, -0.25) is 14.6 Å². The van der Waals surface area contributed by atoms with E-state index in [9.17, 15) is 14.7 Å². The number of carbonyl (C=O) groups is 2. The lowest BCUT2D eigenvalue weighted by molar-refractivity contribution is -0.140. The van der Waals surface area contributed by atoms with Crippen LogP contribution in [-0.4, -0.2) is 53.1 Å². The number of carbonyl (C=O) groups excluding carboxylic acids is 2. The largest absolute Gasteiger partial charge is 0.507 e. The molecule has 0 saturated carbocycles. The van der Waals surface area contributed by atoms with Crippen molar-refractivity contribution in [3.63, 3.8) is 0 Å². The van der Waals surface area contributed by atoms with Crippen molar-refractivity contribution in [2.45, 2.75) is 26.4 Å². The van der Waals surface area contributed by atoms with Crippen LogP contribution in [0.4, 0.5) is 0 Å². The lowest BCUT2D eigenvalue weighted by Crippen LogP contribution is -2.29. The Bertz CT molecular complexity index is 1390. The predicted molar refractivity (Wildman–Crippen MR) is 138 cm³/mol. The Kier molecular flexibility index (Phi) is 7.17. The fraction of sp³-hybridized carbons (Fsp3) is 0.276. The van der Waals surface area contributed by atoms with Crippen molar-refractivity contribution in [2.75, 3.05) is 26.4 Å². The number of fused-ring (bicyclic) bond motifs is 1. The molecule has 38 heavy (non-hydrogen) atoms. The number of pyridine rings is 1. The molecular formula is C29H28N2O7. The number of hydrogen-bond donors (Lipinski definition) is 1. The van der Waals surface area contributed by atoms with Crippen molar-refractivity contribution < 1.29 is 33.6 Å². The summed E-state index contributed by atoms with van der Waals surface area (Å²) in [6.07, 6.45) is 3.28. The van der Waals surface area contributed by atoms with E-state index in [0.717, 1.165) is 5.56 Å². The molecule has 1 fully saturated rings. The van der Waals surface area contributed by atoms with Crippen molar-refractivity contribution in [3.05, 3.63) is 83.2 Å². The normalized spacial score (nSPS) is 17.9. The van der Waals surface area contributed by atoms with Gasteiger partial charge < -0.3 is 29.0 Å². The van der Waals surface area contributed by atoms with E-state index in [1.165, 1.54) is 4.90 Å². The summed E-state index contributed by atoms with van der Waals surface area (Å²) in [4.78, 5) is 32.4. The van der Waals surface area contributed by atoms with E-state index in [0.29, 0.717) is 60.6 Å². The highest BCUT2D eigenvalue weighted by atomic mass is 16.6. The summed E-state index contributed by atoms with van der Waals surface area (Å²) in [6, 6.07) is 12.9. The second kappa shape index (κ2) is 10.8. The number of ketones is 1. The first kappa shape index (κ1) is 25.1. The van der Waals surface area contributed by atoms with Crippen LogP contribution in [0.25, 0.3) is 5.76 Å². The van der Waals surface area contributed by atoms with Crippen molar-refractivity contribution >= 4 is 17.4 Å². The lowest BCUT2D eigenvalue weighted by Gasteiger charge is -2.26. The van der Waals surface area contributed by atoms with Crippen molar-refractivity contribution in [3.8, 4) is 23.0 Å². The highest BCUT2D eigenvalue weighted by Gasteiger charge is 2.46. The average molecular weight is 517 g/mol. The average Bonchev–Trinajstić information content (AvgIpc) is 3.19. The maximum absolute atomic E-state index is 13.4. The molecule has 0 bridgehead atoms. The van der Waals surface area contributed by atoms with Gasteiger partial charge in [0.2, 0.25) is 0 Å². The van der Waals surface area contributed by atoms with Gasteiger partial charge in [0.1, 0.15) is 19.0 Å². The number of rotatable bonds is 8. The van der Waals surface area contributed by atoms with E-state index in [-0.39, 0.29) is 17.9 Å². The first-order valence-electron chi connectivity index (χ1n) is 12.5. The third kappa shape index (κ3) is 4.74. The summed E-state index contributed by atoms with van der Waals surface area (Å²) in [5.74, 6) is 0.247. The number of aliphatic hydroxyl groups is 1. The number of Topliss-reactive ketones (excluding diaryl/α,β-unsaturated/α-hetero) is 1. The van der Waals surface area contributed by atoms with Gasteiger partial charge >= 0.3 is 0 Å². The lowest BCUT2D eigenvalue weighted by atomic mass is 9.94. The number of ether oxygens (including phenoxy) is 4. The van der Waals surface area contributed by atoms with E-state index in [1.807, 2.05) is 19.9 Å². The van der Waals surface area contributed by atoms with Crippen molar-refractivity contribution in [1.29, 1.82) is 0 Å². The molecule has 0 spiro atoms. The highest BCUT2D eigenvalue weighted by molar-refractivity contribution is 6.46. The van der Waals surface area contributed by atoms with Crippen molar-refractivity contribution in [2.24, 2.45) is 0 Å². The first-order valence-corrected chi connectivity index (χ1v) is 12.5. The molecule has 0 aliphatic carbocycles. The maximum Gasteiger partial charge on any atom is 0.295 e. The van der Waals surface area contributed by atoms with Crippen LogP contribution in [0.5, 0.6) is 23.0 Å². The summed E-state index contributed by atoms with van der Waals surface area (Å²) in [5.41, 5.74) is 1.66. The highest BCUT2D eigenvalue weighted by Crippen LogP contribution is 2.43. The molecule has 1 N–H and O–H groups in total. The second-order valence-corrected chi connectivity index (χ2v) is 8.72. The minimum absolute atomic E-state index is 0.0258. The number of nitrogens with zero attached hydrogens (tertiary/aromatic N) is 2. The number of hydrogen-bond acceptors (Lipinski definition) is 8. The summed E-state index contributed by atoms with van der Waals surface area (Å²) in [6.45, 7) is 5.51. The zero-order valence-electron chi connectivity index (χ0n) is 21.2. The van der Waals surface area contributed by atoms with Crippen LogP contribution in [0, 0.1) is 0 Å². The SMILES string of the molecule is CCOc1ccc([C@H]2C(=C(O)c3ccc4c(c3)OCCO4)C(=O)C(=O)N2Cc2cccnc2)cc1OCC. The molecule has 9 nitrogen and oxygen atoms in total. The van der Waals surface area contributed by atoms with Gasteiger partial charge in [-0.2, -0.15) is 0 Å². The molecule has 3 aromatic rings. The molecule has 1 aromatic heterocycles. The van der Waals surface area contributed by atoms with Crippen molar-refractivity contribution in [1.82, 2.24) is 9.88 Å².